The van der Waals surface area contributed by atoms with Gasteiger partial charge in [0.25, 0.3) is 0 Å². The highest BCUT2D eigenvalue weighted by Crippen LogP contribution is 2.70. The molecule has 52 heavy (non-hydrogen) atoms. The molecule has 8 aromatic carbocycles. The summed E-state index contributed by atoms with van der Waals surface area (Å²) in [6.45, 7) is 0. The molecular formula is C48H35N2OP. The van der Waals surface area contributed by atoms with Crippen LogP contribution in [-0.2, 0) is 4.57 Å². The van der Waals surface area contributed by atoms with Crippen molar-refractivity contribution in [3.8, 4) is 44.5 Å². The van der Waals surface area contributed by atoms with Gasteiger partial charge in [-0.1, -0.05) is 158 Å². The lowest BCUT2D eigenvalue weighted by atomic mass is 9.99. The minimum atomic E-state index is -3.72. The number of nitrogens with zero attached hydrogens (tertiary/aromatic N) is 2. The number of rotatable bonds is 7. The molecule has 0 atom stereocenters. The Kier molecular flexibility index (Phi) is 8.12. The maximum Gasteiger partial charge on any atom is 0.301 e. The van der Waals surface area contributed by atoms with Crippen molar-refractivity contribution in [1.82, 2.24) is 0 Å². The predicted octanol–water partition coefficient (Wildman–Crippen LogP) is 13.2. The fourth-order valence-electron chi connectivity index (χ4n) is 7.30. The molecule has 0 saturated heterocycles. The third-order valence-electron chi connectivity index (χ3n) is 9.74. The maximum atomic E-state index is 17.0. The molecule has 0 N–H and O–H groups in total. The van der Waals surface area contributed by atoms with Gasteiger partial charge in [-0.05, 0) is 99.1 Å². The van der Waals surface area contributed by atoms with Gasteiger partial charge in [-0.3, -0.25) is 13.9 Å². The van der Waals surface area contributed by atoms with E-state index in [1.807, 2.05) is 36.4 Å². The van der Waals surface area contributed by atoms with Crippen molar-refractivity contribution >= 4 is 35.5 Å². The van der Waals surface area contributed by atoms with Crippen LogP contribution < -0.4 is 14.6 Å². The van der Waals surface area contributed by atoms with Gasteiger partial charge in [0, 0.05) is 0 Å². The fourth-order valence-corrected chi connectivity index (χ4v) is 10.3. The molecule has 0 amide bonds. The molecule has 3 nitrogen and oxygen atoms in total. The molecular weight excluding hydrogens is 652 g/mol. The zero-order chi connectivity index (χ0) is 34.9. The molecule has 0 saturated carbocycles. The van der Waals surface area contributed by atoms with Gasteiger partial charge in [0.2, 0.25) is 0 Å². The topological polar surface area (TPSA) is 23.6 Å². The van der Waals surface area contributed by atoms with Crippen LogP contribution in [0.2, 0.25) is 0 Å². The molecule has 0 aromatic heterocycles. The lowest BCUT2D eigenvalue weighted by molar-refractivity contribution is 0.582. The Morgan fingerprint density at radius 3 is 1.00 bits per heavy atom. The summed E-state index contributed by atoms with van der Waals surface area (Å²) >= 11 is 0. The zero-order valence-electron chi connectivity index (χ0n) is 28.5. The van der Waals surface area contributed by atoms with Gasteiger partial charge in [-0.25, -0.2) is 0 Å². The van der Waals surface area contributed by atoms with Crippen LogP contribution in [0.4, 0.5) is 22.7 Å². The Labute approximate surface area is 305 Å². The molecule has 4 heteroatoms. The van der Waals surface area contributed by atoms with Gasteiger partial charge in [0.1, 0.15) is 0 Å². The van der Waals surface area contributed by atoms with E-state index in [-0.39, 0.29) is 0 Å². The number of benzene rings is 8. The van der Waals surface area contributed by atoms with Crippen LogP contribution >= 0.6 is 7.44 Å². The van der Waals surface area contributed by atoms with Crippen LogP contribution in [0.1, 0.15) is 0 Å². The van der Waals surface area contributed by atoms with Gasteiger partial charge >= 0.3 is 7.44 Å². The van der Waals surface area contributed by atoms with Gasteiger partial charge in [-0.2, -0.15) is 0 Å². The van der Waals surface area contributed by atoms with Crippen LogP contribution in [0.3, 0.4) is 0 Å². The van der Waals surface area contributed by atoms with Crippen LogP contribution in [0, 0.1) is 0 Å². The van der Waals surface area contributed by atoms with Gasteiger partial charge in [0.05, 0.1) is 28.1 Å². The summed E-state index contributed by atoms with van der Waals surface area (Å²) in [4.78, 5) is 0. The molecule has 9 rings (SSSR count). The molecule has 1 heterocycles. The molecule has 1 aliphatic rings. The van der Waals surface area contributed by atoms with Crippen molar-refractivity contribution in [3.05, 3.63) is 212 Å². The average molecular weight is 687 g/mol. The van der Waals surface area contributed by atoms with Gasteiger partial charge < -0.3 is 0 Å². The lowest BCUT2D eigenvalue weighted by Gasteiger charge is -2.34. The Morgan fingerprint density at radius 2 is 0.615 bits per heavy atom. The van der Waals surface area contributed by atoms with E-state index in [1.54, 1.807) is 0 Å². The van der Waals surface area contributed by atoms with Crippen LogP contribution in [0.15, 0.2) is 212 Å². The molecule has 0 unspecified atom stereocenters. The van der Waals surface area contributed by atoms with E-state index in [0.717, 1.165) is 72.6 Å². The maximum absolute atomic E-state index is 17.0. The van der Waals surface area contributed by atoms with E-state index in [9.17, 15) is 0 Å². The molecule has 248 valence electrons. The summed E-state index contributed by atoms with van der Waals surface area (Å²) in [7, 11) is -3.72. The van der Waals surface area contributed by atoms with Crippen LogP contribution in [-0.4, -0.2) is 0 Å². The smallest absolute Gasteiger partial charge is 0.270 e. The van der Waals surface area contributed by atoms with E-state index in [0.29, 0.717) is 0 Å². The normalized spacial score (nSPS) is 13.2. The van der Waals surface area contributed by atoms with Crippen molar-refractivity contribution in [2.45, 2.75) is 0 Å². The van der Waals surface area contributed by atoms with Crippen LogP contribution in [0.25, 0.3) is 44.5 Å². The SMILES string of the molecule is O=P1(c2cc(-c3ccccc3)cc(-c3ccccc3)c2)N(c2cccc(-c3ccccc3)c2)c2ccccc2N1c1cccc(-c2ccccc2)c1. The third-order valence-corrected chi connectivity index (χ3v) is 12.7. The monoisotopic (exact) mass is 686 g/mol. The van der Waals surface area contributed by atoms with Crippen molar-refractivity contribution in [1.29, 1.82) is 0 Å². The molecule has 0 spiro atoms. The molecule has 0 radical (unpaired) electrons. The summed E-state index contributed by atoms with van der Waals surface area (Å²) in [6, 6.07) is 73.2. The summed E-state index contributed by atoms with van der Waals surface area (Å²) in [5.74, 6) is 0. The Bertz CT molecular complexity index is 2380. The number of hydrogen-bond acceptors (Lipinski definition) is 1. The first-order chi connectivity index (χ1) is 25.7. The second-order valence-corrected chi connectivity index (χ2v) is 15.4. The summed E-state index contributed by atoms with van der Waals surface area (Å²) in [6.07, 6.45) is 0. The van der Waals surface area contributed by atoms with E-state index < -0.39 is 7.44 Å². The van der Waals surface area contributed by atoms with Crippen molar-refractivity contribution in [2.24, 2.45) is 0 Å². The average Bonchev–Trinajstić information content (AvgIpc) is 3.51. The lowest BCUT2D eigenvalue weighted by Crippen LogP contribution is -2.27. The number of hydrogen-bond donors (Lipinski definition) is 0. The van der Waals surface area contributed by atoms with E-state index in [1.165, 1.54) is 0 Å². The van der Waals surface area contributed by atoms with Crippen molar-refractivity contribution in [3.63, 3.8) is 0 Å². The molecule has 0 bridgehead atoms. The van der Waals surface area contributed by atoms with Gasteiger partial charge in [-0.15, -0.1) is 0 Å². The van der Waals surface area contributed by atoms with E-state index in [2.05, 4.69) is 185 Å². The Balaban J connectivity index is 1.33. The van der Waals surface area contributed by atoms with Crippen LogP contribution in [0.5, 0.6) is 0 Å². The molecule has 0 fully saturated rings. The molecule has 8 aromatic rings. The third kappa shape index (κ3) is 5.62. The molecule has 0 aliphatic carbocycles. The number of anilines is 4. The highest BCUT2D eigenvalue weighted by molar-refractivity contribution is 7.76. The van der Waals surface area contributed by atoms with Crippen molar-refractivity contribution in [2.75, 3.05) is 9.34 Å². The standard InChI is InChI=1S/C48H35N2OP/c51-52(46-34-42(38-21-9-3-10-22-38)31-43(35-46)39-23-11-4-12-24-39)49(44-27-15-25-40(32-44)36-17-5-1-6-18-36)47-29-13-14-30-48(47)50(52)45-28-16-26-41(33-45)37-19-7-2-8-20-37/h1-35H. The second-order valence-electron chi connectivity index (χ2n) is 13.0. The number of para-hydroxylation sites is 2. The Morgan fingerprint density at radius 1 is 0.288 bits per heavy atom. The summed E-state index contributed by atoms with van der Waals surface area (Å²) in [5, 5.41) is 0.749. The first-order valence-electron chi connectivity index (χ1n) is 17.5. The van der Waals surface area contributed by atoms with Crippen molar-refractivity contribution < 1.29 is 4.57 Å². The summed E-state index contributed by atoms with van der Waals surface area (Å²) in [5.41, 5.74) is 12.0. The summed E-state index contributed by atoms with van der Waals surface area (Å²) < 4.78 is 21.2. The quantitative estimate of drug-likeness (QED) is 0.156. The fraction of sp³-hybridized carbons (Fsp3) is 0. The Hall–Kier alpha value is -6.41. The predicted molar refractivity (Wildman–Crippen MR) is 219 cm³/mol. The minimum absolute atomic E-state index is 0.749. The minimum Gasteiger partial charge on any atom is -0.270 e. The molecule has 1 aliphatic heterocycles. The zero-order valence-corrected chi connectivity index (χ0v) is 29.4. The van der Waals surface area contributed by atoms with Gasteiger partial charge in [0.15, 0.2) is 0 Å². The first-order valence-corrected chi connectivity index (χ1v) is 19.2. The second kappa shape index (κ2) is 13.4. The van der Waals surface area contributed by atoms with E-state index in [4.69, 9.17) is 0 Å². The first kappa shape index (κ1) is 31.6. The largest absolute Gasteiger partial charge is 0.301 e. The highest BCUT2D eigenvalue weighted by atomic mass is 31.2. The van der Waals surface area contributed by atoms with E-state index >= 15 is 4.57 Å². The number of fused-ring (bicyclic) bond motifs is 1. The highest BCUT2D eigenvalue weighted by Gasteiger charge is 2.49.